The summed E-state index contributed by atoms with van der Waals surface area (Å²) in [6.07, 6.45) is 2.24. The van der Waals surface area contributed by atoms with Crippen molar-refractivity contribution in [1.29, 1.82) is 0 Å². The molecule has 0 bridgehead atoms. The lowest BCUT2D eigenvalue weighted by Gasteiger charge is -2.34. The number of methoxy groups -OCH3 is 1. The highest BCUT2D eigenvalue weighted by atomic mass is 32.1. The highest BCUT2D eigenvalue weighted by Gasteiger charge is 2.37. The van der Waals surface area contributed by atoms with E-state index in [2.05, 4.69) is 15.5 Å². The number of fused-ring (bicyclic) bond motifs is 1. The molecule has 152 valence electrons. The number of carbonyl (C=O) groups is 2. The second-order valence-corrected chi connectivity index (χ2v) is 8.18. The minimum atomic E-state index is -0.276. The third-order valence-electron chi connectivity index (χ3n) is 5.30. The second kappa shape index (κ2) is 8.80. The summed E-state index contributed by atoms with van der Waals surface area (Å²) in [6, 6.07) is 11.7. The number of hydrogen-bond donors (Lipinski definition) is 2. The normalized spacial score (nSPS) is 18.6. The van der Waals surface area contributed by atoms with E-state index in [9.17, 15) is 9.59 Å². The zero-order chi connectivity index (χ0) is 20.2. The van der Waals surface area contributed by atoms with Crippen LogP contribution in [0, 0.1) is 0 Å². The fourth-order valence-corrected chi connectivity index (χ4v) is 4.87. The zero-order valence-corrected chi connectivity index (χ0v) is 17.3. The number of para-hydroxylation sites is 2. The molecular weight excluding hydrogens is 386 g/mol. The molecule has 0 unspecified atom stereocenters. The van der Waals surface area contributed by atoms with Crippen LogP contribution in [0.2, 0.25) is 0 Å². The molecule has 1 aliphatic heterocycles. The highest BCUT2D eigenvalue weighted by molar-refractivity contribution is 7.10. The number of carbonyl (C=O) groups excluding carboxylic acids is 2. The van der Waals surface area contributed by atoms with Crippen LogP contribution in [0.15, 0.2) is 53.0 Å². The van der Waals surface area contributed by atoms with Crippen LogP contribution in [0.25, 0.3) is 0 Å². The summed E-state index contributed by atoms with van der Waals surface area (Å²) in [5.74, 6) is 0.0699. The molecular formula is C22H25N3O3S. The molecule has 0 fully saturated rings. The number of benzene rings is 1. The molecule has 0 radical (unpaired) electrons. The molecule has 1 aliphatic carbocycles. The van der Waals surface area contributed by atoms with Crippen molar-refractivity contribution in [2.24, 2.45) is 0 Å². The van der Waals surface area contributed by atoms with Crippen molar-refractivity contribution >= 4 is 34.4 Å². The number of nitrogens with one attached hydrogen (secondary N) is 2. The van der Waals surface area contributed by atoms with Crippen LogP contribution in [0.3, 0.4) is 0 Å². The van der Waals surface area contributed by atoms with Crippen molar-refractivity contribution < 1.29 is 14.3 Å². The molecule has 2 aromatic rings. The minimum Gasteiger partial charge on any atom is -0.383 e. The summed E-state index contributed by atoms with van der Waals surface area (Å²) < 4.78 is 5.03. The number of thiophene rings is 1. The lowest BCUT2D eigenvalue weighted by Crippen LogP contribution is -2.41. The molecule has 29 heavy (non-hydrogen) atoms. The quantitative estimate of drug-likeness (QED) is 0.712. The van der Waals surface area contributed by atoms with Crippen LogP contribution in [0.5, 0.6) is 0 Å². The number of nitrogens with zero attached hydrogens (tertiary/aromatic N) is 1. The number of ether oxygens (including phenoxy) is 1. The van der Waals surface area contributed by atoms with Crippen molar-refractivity contribution in [1.82, 2.24) is 5.32 Å². The minimum absolute atomic E-state index is 0.0919. The molecule has 0 saturated carbocycles. The first-order chi connectivity index (χ1) is 14.2. The van der Waals surface area contributed by atoms with Gasteiger partial charge in [0.25, 0.3) is 0 Å². The molecule has 1 amide bonds. The molecule has 2 aliphatic rings. The lowest BCUT2D eigenvalue weighted by atomic mass is 9.88. The summed E-state index contributed by atoms with van der Waals surface area (Å²) in [5, 5.41) is 8.43. The Morgan fingerprint density at radius 3 is 2.93 bits per heavy atom. The molecule has 6 nitrogen and oxygen atoms in total. The van der Waals surface area contributed by atoms with Gasteiger partial charge < -0.3 is 20.3 Å². The van der Waals surface area contributed by atoms with Gasteiger partial charge in [-0.3, -0.25) is 9.59 Å². The molecule has 2 heterocycles. The fraction of sp³-hybridized carbons (Fsp3) is 0.364. The Bertz CT molecular complexity index is 923. The van der Waals surface area contributed by atoms with E-state index in [4.69, 9.17) is 4.74 Å². The van der Waals surface area contributed by atoms with Gasteiger partial charge >= 0.3 is 0 Å². The van der Waals surface area contributed by atoms with E-state index in [1.54, 1.807) is 18.4 Å². The third-order valence-corrected chi connectivity index (χ3v) is 6.22. The number of Topliss-reactive ketones (excluding diaryl/α,β-unsaturated/α-hetero) is 1. The van der Waals surface area contributed by atoms with E-state index in [-0.39, 0.29) is 24.3 Å². The number of rotatable bonds is 6. The average Bonchev–Trinajstić information content (AvgIpc) is 3.20. The highest BCUT2D eigenvalue weighted by Crippen LogP contribution is 2.45. The number of hydrogen-bond acceptors (Lipinski definition) is 6. The maximum Gasteiger partial charge on any atom is 0.239 e. The van der Waals surface area contributed by atoms with E-state index in [0.29, 0.717) is 19.6 Å². The average molecular weight is 412 g/mol. The Hall–Kier alpha value is -2.64. The Labute approximate surface area is 174 Å². The van der Waals surface area contributed by atoms with Gasteiger partial charge in [0.15, 0.2) is 5.78 Å². The van der Waals surface area contributed by atoms with Gasteiger partial charge in [0.05, 0.1) is 30.6 Å². The Balaban J connectivity index is 1.79. The van der Waals surface area contributed by atoms with E-state index in [1.165, 1.54) is 0 Å². The van der Waals surface area contributed by atoms with Crippen LogP contribution in [-0.2, 0) is 14.3 Å². The largest absolute Gasteiger partial charge is 0.383 e. The van der Waals surface area contributed by atoms with Crippen LogP contribution in [0.4, 0.5) is 11.4 Å². The van der Waals surface area contributed by atoms with Gasteiger partial charge in [-0.1, -0.05) is 18.2 Å². The molecule has 0 saturated heterocycles. The summed E-state index contributed by atoms with van der Waals surface area (Å²) in [7, 11) is 1.61. The first-order valence-corrected chi connectivity index (χ1v) is 10.7. The first-order valence-electron chi connectivity index (χ1n) is 9.87. The summed E-state index contributed by atoms with van der Waals surface area (Å²) in [5.41, 5.74) is 3.63. The van der Waals surface area contributed by atoms with Gasteiger partial charge in [-0.2, -0.15) is 0 Å². The Morgan fingerprint density at radius 2 is 2.14 bits per heavy atom. The van der Waals surface area contributed by atoms with Crippen LogP contribution in [-0.4, -0.2) is 38.5 Å². The molecule has 7 heteroatoms. The number of amides is 1. The SMILES string of the molecule is COCCNC(=O)CN1c2ccccc2NC2=C(C(=O)CCC2)[C@@H]1c1cccs1. The summed E-state index contributed by atoms with van der Waals surface area (Å²) >= 11 is 1.62. The van der Waals surface area contributed by atoms with E-state index in [0.717, 1.165) is 40.4 Å². The zero-order valence-electron chi connectivity index (χ0n) is 16.4. The maximum atomic E-state index is 13.0. The standard InChI is InChI=1S/C22H25N3O3S/c1-28-12-11-23-20(27)14-25-17-8-3-2-6-15(17)24-16-7-4-9-18(26)21(16)22(25)19-10-5-13-29-19/h2-3,5-6,8,10,13,22,24H,4,7,9,11-12,14H2,1H3,(H,23,27)/t22-/m0/s1. The number of anilines is 2. The van der Waals surface area contributed by atoms with Gasteiger partial charge in [-0.05, 0) is 36.4 Å². The second-order valence-electron chi connectivity index (χ2n) is 7.20. The number of allylic oxidation sites excluding steroid dienone is 1. The summed E-state index contributed by atoms with van der Waals surface area (Å²) in [6.45, 7) is 1.08. The molecule has 1 atom stereocenters. The van der Waals surface area contributed by atoms with Crippen molar-refractivity contribution in [2.75, 3.05) is 37.0 Å². The van der Waals surface area contributed by atoms with E-state index >= 15 is 0 Å². The molecule has 1 aromatic heterocycles. The molecule has 4 rings (SSSR count). The van der Waals surface area contributed by atoms with Gasteiger partial charge in [0.2, 0.25) is 5.91 Å². The van der Waals surface area contributed by atoms with Crippen molar-refractivity contribution in [3.63, 3.8) is 0 Å². The van der Waals surface area contributed by atoms with Gasteiger partial charge in [0.1, 0.15) is 0 Å². The summed E-state index contributed by atoms with van der Waals surface area (Å²) in [4.78, 5) is 28.9. The monoisotopic (exact) mass is 411 g/mol. The van der Waals surface area contributed by atoms with Gasteiger partial charge in [-0.25, -0.2) is 0 Å². The maximum absolute atomic E-state index is 13.0. The lowest BCUT2D eigenvalue weighted by molar-refractivity contribution is -0.120. The van der Waals surface area contributed by atoms with Crippen LogP contribution < -0.4 is 15.5 Å². The van der Waals surface area contributed by atoms with Crippen LogP contribution >= 0.6 is 11.3 Å². The van der Waals surface area contributed by atoms with Crippen molar-refractivity contribution in [2.45, 2.75) is 25.3 Å². The third kappa shape index (κ3) is 4.06. The Morgan fingerprint density at radius 1 is 1.28 bits per heavy atom. The molecule has 0 spiro atoms. The smallest absolute Gasteiger partial charge is 0.239 e. The van der Waals surface area contributed by atoms with E-state index < -0.39 is 0 Å². The van der Waals surface area contributed by atoms with Crippen molar-refractivity contribution in [3.05, 3.63) is 57.9 Å². The van der Waals surface area contributed by atoms with Crippen molar-refractivity contribution in [3.8, 4) is 0 Å². The topological polar surface area (TPSA) is 70.7 Å². The van der Waals surface area contributed by atoms with Gasteiger partial charge in [-0.15, -0.1) is 11.3 Å². The van der Waals surface area contributed by atoms with E-state index in [1.807, 2.05) is 41.8 Å². The first kappa shape index (κ1) is 19.7. The van der Waals surface area contributed by atoms with Gasteiger partial charge in [0, 0.05) is 36.2 Å². The number of ketones is 1. The predicted octanol–water partition coefficient (Wildman–Crippen LogP) is 3.49. The molecule has 2 N–H and O–H groups in total. The Kier molecular flexibility index (Phi) is 5.97. The van der Waals surface area contributed by atoms with Crippen LogP contribution in [0.1, 0.15) is 30.2 Å². The predicted molar refractivity (Wildman–Crippen MR) is 115 cm³/mol. The molecule has 1 aromatic carbocycles. The fourth-order valence-electron chi connectivity index (χ4n) is 4.02.